The fraction of sp³-hybridized carbons (Fsp3) is 0.917. The number of nitrogens with two attached hydrogens (primary N) is 1. The van der Waals surface area contributed by atoms with Crippen LogP contribution in [0.2, 0.25) is 0 Å². The zero-order chi connectivity index (χ0) is 12.3. The second-order valence-corrected chi connectivity index (χ2v) is 5.34. The minimum atomic E-state index is -0.825. The van der Waals surface area contributed by atoms with Crippen molar-refractivity contribution in [3.05, 3.63) is 0 Å². The Bertz CT molecular complexity index is 269. The Balaban J connectivity index is 1.72. The molecule has 1 amide bonds. The molecule has 2 fully saturated rings. The molecule has 0 aromatic rings. The average molecular weight is 242 g/mol. The Morgan fingerprint density at radius 1 is 1.41 bits per heavy atom. The number of ether oxygens (including phenoxy) is 1. The summed E-state index contributed by atoms with van der Waals surface area (Å²) in [5.74, 6) is 0.384. The van der Waals surface area contributed by atoms with Crippen molar-refractivity contribution in [1.29, 1.82) is 0 Å². The van der Waals surface area contributed by atoms with Gasteiger partial charge in [0.25, 0.3) is 0 Å². The van der Waals surface area contributed by atoms with Gasteiger partial charge in [-0.2, -0.15) is 0 Å². The third-order valence-corrected chi connectivity index (χ3v) is 3.87. The second-order valence-electron chi connectivity index (χ2n) is 5.34. The molecule has 5 nitrogen and oxygen atoms in total. The molecular formula is C12H22N2O3. The van der Waals surface area contributed by atoms with Gasteiger partial charge in [0.15, 0.2) is 0 Å². The summed E-state index contributed by atoms with van der Waals surface area (Å²) in [5.41, 5.74) is 5.14. The smallest absolute Gasteiger partial charge is 0.242 e. The highest BCUT2D eigenvalue weighted by Crippen LogP contribution is 2.23. The molecule has 1 aliphatic heterocycles. The van der Waals surface area contributed by atoms with Gasteiger partial charge in [-0.15, -0.1) is 0 Å². The Labute approximate surface area is 102 Å². The van der Waals surface area contributed by atoms with E-state index < -0.39 is 5.54 Å². The number of aliphatic hydroxyl groups excluding tert-OH is 1. The van der Waals surface area contributed by atoms with Crippen LogP contribution in [0.25, 0.3) is 0 Å². The van der Waals surface area contributed by atoms with Crippen molar-refractivity contribution in [2.24, 2.45) is 11.7 Å². The van der Waals surface area contributed by atoms with E-state index in [9.17, 15) is 9.90 Å². The van der Waals surface area contributed by atoms with Crippen molar-refractivity contribution < 1.29 is 14.6 Å². The highest BCUT2D eigenvalue weighted by molar-refractivity contribution is 5.86. The lowest BCUT2D eigenvalue weighted by atomic mass is 9.87. The lowest BCUT2D eigenvalue weighted by Crippen LogP contribution is -2.55. The van der Waals surface area contributed by atoms with Gasteiger partial charge in [-0.05, 0) is 38.0 Å². The van der Waals surface area contributed by atoms with Crippen LogP contribution in [0, 0.1) is 5.92 Å². The molecule has 98 valence electrons. The van der Waals surface area contributed by atoms with Gasteiger partial charge >= 0.3 is 0 Å². The van der Waals surface area contributed by atoms with Gasteiger partial charge in [-0.25, -0.2) is 0 Å². The van der Waals surface area contributed by atoms with E-state index in [0.29, 0.717) is 32.1 Å². The quantitative estimate of drug-likeness (QED) is 0.638. The lowest BCUT2D eigenvalue weighted by Gasteiger charge is -2.27. The summed E-state index contributed by atoms with van der Waals surface area (Å²) >= 11 is 0. The predicted octanol–water partition coefficient (Wildman–Crippen LogP) is -0.229. The minimum absolute atomic E-state index is 0.0962. The van der Waals surface area contributed by atoms with Crippen LogP contribution in [-0.2, 0) is 9.53 Å². The van der Waals surface area contributed by atoms with Crippen LogP contribution >= 0.6 is 0 Å². The van der Waals surface area contributed by atoms with E-state index in [1.165, 1.54) is 0 Å². The van der Waals surface area contributed by atoms with Crippen molar-refractivity contribution in [3.63, 3.8) is 0 Å². The largest absolute Gasteiger partial charge is 0.393 e. The highest BCUT2D eigenvalue weighted by atomic mass is 16.5. The summed E-state index contributed by atoms with van der Waals surface area (Å²) in [6, 6.07) is 0. The molecule has 2 aliphatic rings. The molecule has 0 radical (unpaired) electrons. The van der Waals surface area contributed by atoms with Gasteiger partial charge in [-0.3, -0.25) is 4.79 Å². The molecular weight excluding hydrogens is 220 g/mol. The van der Waals surface area contributed by atoms with Crippen LogP contribution in [-0.4, -0.2) is 42.4 Å². The van der Waals surface area contributed by atoms with Gasteiger partial charge in [-0.1, -0.05) is 0 Å². The third kappa shape index (κ3) is 3.18. The molecule has 1 heterocycles. The van der Waals surface area contributed by atoms with Crippen molar-refractivity contribution in [1.82, 2.24) is 5.32 Å². The Kier molecular flexibility index (Phi) is 4.01. The monoisotopic (exact) mass is 242 g/mol. The molecule has 2 rings (SSSR count). The zero-order valence-electron chi connectivity index (χ0n) is 10.2. The van der Waals surface area contributed by atoms with Crippen LogP contribution in [0.4, 0.5) is 0 Å². The fourth-order valence-electron chi connectivity index (χ4n) is 2.52. The summed E-state index contributed by atoms with van der Waals surface area (Å²) in [6.45, 7) is 1.56. The molecule has 1 saturated heterocycles. The van der Waals surface area contributed by atoms with E-state index in [4.69, 9.17) is 10.5 Å². The lowest BCUT2D eigenvalue weighted by molar-refractivity contribution is -0.126. The van der Waals surface area contributed by atoms with Crippen LogP contribution in [0.5, 0.6) is 0 Å². The van der Waals surface area contributed by atoms with Crippen LogP contribution in [0.15, 0.2) is 0 Å². The summed E-state index contributed by atoms with van der Waals surface area (Å²) < 4.78 is 5.17. The molecule has 1 saturated carbocycles. The average Bonchev–Trinajstić information content (AvgIpc) is 2.76. The van der Waals surface area contributed by atoms with Crippen molar-refractivity contribution in [3.8, 4) is 0 Å². The normalized spacial score (nSPS) is 38.0. The van der Waals surface area contributed by atoms with E-state index in [2.05, 4.69) is 5.32 Å². The maximum atomic E-state index is 11.9. The first-order valence-corrected chi connectivity index (χ1v) is 6.43. The number of aliphatic hydroxyl groups is 1. The number of carbonyl (C=O) groups excluding carboxylic acids is 1. The Hall–Kier alpha value is -0.650. The van der Waals surface area contributed by atoms with E-state index in [-0.39, 0.29) is 12.0 Å². The van der Waals surface area contributed by atoms with Gasteiger partial charge in [0.05, 0.1) is 12.7 Å². The van der Waals surface area contributed by atoms with Crippen LogP contribution in [0.1, 0.15) is 32.1 Å². The van der Waals surface area contributed by atoms with E-state index in [0.717, 1.165) is 25.7 Å². The first-order chi connectivity index (χ1) is 8.10. The molecule has 0 spiro atoms. The van der Waals surface area contributed by atoms with Gasteiger partial charge in [0, 0.05) is 13.2 Å². The fourth-order valence-corrected chi connectivity index (χ4v) is 2.52. The molecule has 1 atom stereocenters. The number of amides is 1. The maximum absolute atomic E-state index is 11.9. The topological polar surface area (TPSA) is 84.6 Å². The molecule has 0 bridgehead atoms. The van der Waals surface area contributed by atoms with Gasteiger partial charge in [0.2, 0.25) is 5.91 Å². The Morgan fingerprint density at radius 2 is 2.12 bits per heavy atom. The molecule has 1 aliphatic carbocycles. The number of carbonyl (C=O) groups is 1. The van der Waals surface area contributed by atoms with E-state index in [1.54, 1.807) is 0 Å². The standard InChI is InChI=1S/C12H22N2O3/c13-12(5-6-17-8-12)11(16)14-7-9-1-3-10(15)4-2-9/h9-10,15H,1-8,13H2,(H,14,16). The highest BCUT2D eigenvalue weighted by Gasteiger charge is 2.38. The molecule has 1 unspecified atom stereocenters. The number of nitrogens with one attached hydrogen (secondary N) is 1. The van der Waals surface area contributed by atoms with Crippen LogP contribution < -0.4 is 11.1 Å². The first kappa shape index (κ1) is 12.8. The summed E-state index contributed by atoms with van der Waals surface area (Å²) in [7, 11) is 0. The number of hydrogen-bond acceptors (Lipinski definition) is 4. The molecule has 4 N–H and O–H groups in total. The maximum Gasteiger partial charge on any atom is 0.242 e. The van der Waals surface area contributed by atoms with E-state index >= 15 is 0 Å². The summed E-state index contributed by atoms with van der Waals surface area (Å²) in [6.07, 6.45) is 4.10. The van der Waals surface area contributed by atoms with E-state index in [1.807, 2.05) is 0 Å². The Morgan fingerprint density at radius 3 is 2.71 bits per heavy atom. The molecule has 0 aromatic heterocycles. The van der Waals surface area contributed by atoms with Crippen molar-refractivity contribution in [2.45, 2.75) is 43.7 Å². The zero-order valence-corrected chi connectivity index (χ0v) is 10.2. The molecule has 17 heavy (non-hydrogen) atoms. The van der Waals surface area contributed by atoms with Crippen LogP contribution in [0.3, 0.4) is 0 Å². The number of hydrogen-bond donors (Lipinski definition) is 3. The summed E-state index contributed by atoms with van der Waals surface area (Å²) in [4.78, 5) is 11.9. The predicted molar refractivity (Wildman–Crippen MR) is 63.3 cm³/mol. The van der Waals surface area contributed by atoms with Crippen molar-refractivity contribution in [2.75, 3.05) is 19.8 Å². The molecule has 0 aromatic carbocycles. The number of rotatable bonds is 3. The first-order valence-electron chi connectivity index (χ1n) is 6.43. The minimum Gasteiger partial charge on any atom is -0.393 e. The van der Waals surface area contributed by atoms with Crippen molar-refractivity contribution >= 4 is 5.91 Å². The SMILES string of the molecule is NC1(C(=O)NCC2CCC(O)CC2)CCOC1. The van der Waals surface area contributed by atoms with Gasteiger partial charge in [0.1, 0.15) is 5.54 Å². The second kappa shape index (κ2) is 5.33. The van der Waals surface area contributed by atoms with Gasteiger partial charge < -0.3 is 20.9 Å². The summed E-state index contributed by atoms with van der Waals surface area (Å²) in [5, 5.41) is 12.3. The molecule has 5 heteroatoms. The third-order valence-electron chi connectivity index (χ3n) is 3.87.